The minimum atomic E-state index is -0.443. The molecule has 2 rings (SSSR count). The van der Waals surface area contributed by atoms with E-state index in [4.69, 9.17) is 9.47 Å². The Morgan fingerprint density at radius 3 is 2.57 bits per heavy atom. The fraction of sp³-hybridized carbons (Fsp3) is 0.375. The van der Waals surface area contributed by atoms with E-state index in [-0.39, 0.29) is 5.91 Å². The van der Waals surface area contributed by atoms with Crippen LogP contribution in [0.25, 0.3) is 0 Å². The molecule has 6 nitrogen and oxygen atoms in total. The van der Waals surface area contributed by atoms with E-state index in [1.165, 1.54) is 11.3 Å². The number of carbonyl (C=O) groups excluding carboxylic acids is 1. The van der Waals surface area contributed by atoms with E-state index in [9.17, 15) is 4.79 Å². The minimum Gasteiger partial charge on any atom is -0.497 e. The van der Waals surface area contributed by atoms with Gasteiger partial charge in [-0.15, -0.1) is 11.3 Å². The smallest absolute Gasteiger partial charge is 0.248 e. The van der Waals surface area contributed by atoms with E-state index in [2.05, 4.69) is 15.6 Å². The molecule has 0 fully saturated rings. The molecule has 0 bridgehead atoms. The SMILES string of the molecule is COc1ccc(NC(C)C(=O)Nc2nc(C)c(C)s2)c(OC)c1. The van der Waals surface area contributed by atoms with Gasteiger partial charge in [0.15, 0.2) is 5.13 Å². The van der Waals surface area contributed by atoms with Gasteiger partial charge in [0.25, 0.3) is 0 Å². The molecule has 124 valence electrons. The Bertz CT molecular complexity index is 680. The van der Waals surface area contributed by atoms with Gasteiger partial charge in [0, 0.05) is 10.9 Å². The van der Waals surface area contributed by atoms with Crippen LogP contribution in [0.15, 0.2) is 18.2 Å². The molecule has 1 aromatic heterocycles. The average Bonchev–Trinajstić information content (AvgIpc) is 2.85. The Kier molecular flexibility index (Phi) is 5.44. The molecule has 2 N–H and O–H groups in total. The molecule has 23 heavy (non-hydrogen) atoms. The summed E-state index contributed by atoms with van der Waals surface area (Å²) in [6.45, 7) is 5.68. The number of nitrogens with one attached hydrogen (secondary N) is 2. The zero-order valence-electron chi connectivity index (χ0n) is 13.9. The maximum Gasteiger partial charge on any atom is 0.248 e. The van der Waals surface area contributed by atoms with Crippen molar-refractivity contribution in [2.75, 3.05) is 24.9 Å². The number of ether oxygens (including phenoxy) is 2. The third kappa shape index (κ3) is 4.13. The highest BCUT2D eigenvalue weighted by molar-refractivity contribution is 7.15. The second-order valence-corrected chi connectivity index (χ2v) is 6.29. The van der Waals surface area contributed by atoms with Gasteiger partial charge in [0.2, 0.25) is 5.91 Å². The van der Waals surface area contributed by atoms with Gasteiger partial charge < -0.3 is 20.1 Å². The molecule has 0 aliphatic rings. The lowest BCUT2D eigenvalue weighted by Gasteiger charge is -2.17. The first-order valence-electron chi connectivity index (χ1n) is 7.18. The number of amides is 1. The summed E-state index contributed by atoms with van der Waals surface area (Å²) >= 11 is 1.47. The van der Waals surface area contributed by atoms with Crippen molar-refractivity contribution in [1.29, 1.82) is 0 Å². The van der Waals surface area contributed by atoms with Gasteiger partial charge in [-0.1, -0.05) is 0 Å². The number of benzene rings is 1. The summed E-state index contributed by atoms with van der Waals surface area (Å²) in [6, 6.07) is 4.95. The number of anilines is 2. The molecular weight excluding hydrogens is 314 g/mol. The number of carbonyl (C=O) groups is 1. The number of thiazole rings is 1. The van der Waals surface area contributed by atoms with Crippen LogP contribution in [0.1, 0.15) is 17.5 Å². The average molecular weight is 335 g/mol. The first-order chi connectivity index (χ1) is 10.9. The molecule has 0 aliphatic heterocycles. The Morgan fingerprint density at radius 2 is 2.00 bits per heavy atom. The summed E-state index contributed by atoms with van der Waals surface area (Å²) in [6.07, 6.45) is 0. The second kappa shape index (κ2) is 7.32. The van der Waals surface area contributed by atoms with Crippen LogP contribution in [0.3, 0.4) is 0 Å². The van der Waals surface area contributed by atoms with Crippen LogP contribution >= 0.6 is 11.3 Å². The zero-order valence-corrected chi connectivity index (χ0v) is 14.7. The van der Waals surface area contributed by atoms with E-state index >= 15 is 0 Å². The van der Waals surface area contributed by atoms with Gasteiger partial charge in [-0.2, -0.15) is 0 Å². The molecule has 1 atom stereocenters. The summed E-state index contributed by atoms with van der Waals surface area (Å²) in [7, 11) is 3.17. The van der Waals surface area contributed by atoms with Gasteiger partial charge in [0.1, 0.15) is 17.5 Å². The van der Waals surface area contributed by atoms with Crippen LogP contribution in [0.2, 0.25) is 0 Å². The highest BCUT2D eigenvalue weighted by Crippen LogP contribution is 2.29. The third-order valence-electron chi connectivity index (χ3n) is 3.43. The molecule has 1 amide bonds. The van der Waals surface area contributed by atoms with Crippen molar-refractivity contribution in [3.05, 3.63) is 28.8 Å². The molecule has 2 aromatic rings. The largest absolute Gasteiger partial charge is 0.497 e. The molecule has 7 heteroatoms. The summed E-state index contributed by atoms with van der Waals surface area (Å²) in [5.41, 5.74) is 1.66. The number of aryl methyl sites for hydroxylation is 2. The summed E-state index contributed by atoms with van der Waals surface area (Å²) in [5, 5.41) is 6.57. The molecule has 1 aromatic carbocycles. The molecule has 0 radical (unpaired) electrons. The van der Waals surface area contributed by atoms with E-state index in [1.807, 2.05) is 26.0 Å². The number of methoxy groups -OCH3 is 2. The van der Waals surface area contributed by atoms with Crippen LogP contribution in [0.5, 0.6) is 11.5 Å². The summed E-state index contributed by atoms with van der Waals surface area (Å²) in [4.78, 5) is 17.7. The Hall–Kier alpha value is -2.28. The van der Waals surface area contributed by atoms with Crippen molar-refractivity contribution in [2.45, 2.75) is 26.8 Å². The third-order valence-corrected chi connectivity index (χ3v) is 4.42. The lowest BCUT2D eigenvalue weighted by molar-refractivity contribution is -0.116. The predicted molar refractivity (Wildman–Crippen MR) is 92.8 cm³/mol. The van der Waals surface area contributed by atoms with Crippen LogP contribution in [-0.2, 0) is 4.79 Å². The molecule has 0 spiro atoms. The number of aromatic nitrogens is 1. The van der Waals surface area contributed by atoms with Crippen LogP contribution in [0, 0.1) is 13.8 Å². The topological polar surface area (TPSA) is 72.5 Å². The quantitative estimate of drug-likeness (QED) is 0.848. The molecule has 1 heterocycles. The normalized spacial score (nSPS) is 11.7. The molecule has 0 aliphatic carbocycles. The minimum absolute atomic E-state index is 0.156. The fourth-order valence-electron chi connectivity index (χ4n) is 1.96. The van der Waals surface area contributed by atoms with E-state index in [0.29, 0.717) is 16.6 Å². The van der Waals surface area contributed by atoms with Crippen LogP contribution < -0.4 is 20.1 Å². The molecule has 1 unspecified atom stereocenters. The zero-order chi connectivity index (χ0) is 17.0. The second-order valence-electron chi connectivity index (χ2n) is 5.08. The first kappa shape index (κ1) is 17.1. The monoisotopic (exact) mass is 335 g/mol. The van der Waals surface area contributed by atoms with E-state index in [1.54, 1.807) is 27.2 Å². The standard InChI is InChI=1S/C16H21N3O3S/c1-9-11(3)23-16(18-9)19-15(20)10(2)17-13-7-6-12(21-4)8-14(13)22-5/h6-8,10,17H,1-5H3,(H,18,19,20). The van der Waals surface area contributed by atoms with Crippen molar-refractivity contribution in [2.24, 2.45) is 0 Å². The highest BCUT2D eigenvalue weighted by Gasteiger charge is 2.17. The van der Waals surface area contributed by atoms with Gasteiger partial charge in [-0.05, 0) is 32.9 Å². The summed E-state index contributed by atoms with van der Waals surface area (Å²) < 4.78 is 10.5. The number of nitrogens with zero attached hydrogens (tertiary/aromatic N) is 1. The molecular formula is C16H21N3O3S. The lowest BCUT2D eigenvalue weighted by atomic mass is 10.2. The maximum atomic E-state index is 12.3. The fourth-order valence-corrected chi connectivity index (χ4v) is 2.77. The lowest BCUT2D eigenvalue weighted by Crippen LogP contribution is -2.32. The van der Waals surface area contributed by atoms with Crippen molar-refractivity contribution < 1.29 is 14.3 Å². The van der Waals surface area contributed by atoms with Crippen molar-refractivity contribution in [1.82, 2.24) is 4.98 Å². The Labute approximate surface area is 139 Å². The highest BCUT2D eigenvalue weighted by atomic mass is 32.1. The predicted octanol–water partition coefficient (Wildman–Crippen LogP) is 3.22. The van der Waals surface area contributed by atoms with Crippen molar-refractivity contribution in [3.8, 4) is 11.5 Å². The van der Waals surface area contributed by atoms with E-state index in [0.717, 1.165) is 16.3 Å². The van der Waals surface area contributed by atoms with Gasteiger partial charge in [0.05, 0.1) is 25.6 Å². The van der Waals surface area contributed by atoms with Gasteiger partial charge >= 0.3 is 0 Å². The van der Waals surface area contributed by atoms with Crippen LogP contribution in [0.4, 0.5) is 10.8 Å². The molecule has 0 saturated heterocycles. The molecule has 0 saturated carbocycles. The number of hydrogen-bond acceptors (Lipinski definition) is 6. The number of hydrogen-bond donors (Lipinski definition) is 2. The first-order valence-corrected chi connectivity index (χ1v) is 7.99. The maximum absolute atomic E-state index is 12.3. The van der Waals surface area contributed by atoms with Crippen LogP contribution in [-0.4, -0.2) is 31.2 Å². The Morgan fingerprint density at radius 1 is 1.26 bits per heavy atom. The van der Waals surface area contributed by atoms with Crippen molar-refractivity contribution in [3.63, 3.8) is 0 Å². The number of rotatable bonds is 6. The van der Waals surface area contributed by atoms with Gasteiger partial charge in [-0.25, -0.2) is 4.98 Å². The van der Waals surface area contributed by atoms with Crippen molar-refractivity contribution >= 4 is 28.1 Å². The van der Waals surface area contributed by atoms with E-state index < -0.39 is 6.04 Å². The Balaban J connectivity index is 2.06. The van der Waals surface area contributed by atoms with Gasteiger partial charge in [-0.3, -0.25) is 4.79 Å². The summed E-state index contributed by atoms with van der Waals surface area (Å²) in [5.74, 6) is 1.15.